The van der Waals surface area contributed by atoms with Crippen molar-refractivity contribution >= 4 is 27.4 Å². The number of halogens is 1. The maximum atomic E-state index is 12.2. The van der Waals surface area contributed by atoms with Crippen molar-refractivity contribution in [3.8, 4) is 0 Å². The lowest BCUT2D eigenvalue weighted by Gasteiger charge is -2.22. The number of ketones is 1. The van der Waals surface area contributed by atoms with Crippen LogP contribution in [-0.4, -0.2) is 32.1 Å². The molecule has 6 heteroatoms. The summed E-state index contributed by atoms with van der Waals surface area (Å²) in [6.07, 6.45) is 0. The first kappa shape index (κ1) is 16.1. The Morgan fingerprint density at radius 3 is 2.11 bits per heavy atom. The van der Waals surface area contributed by atoms with Crippen molar-refractivity contribution in [2.45, 2.75) is 25.7 Å². The average Bonchev–Trinajstić information content (AvgIpc) is 2.28. The van der Waals surface area contributed by atoms with Gasteiger partial charge in [0.2, 0.25) is 10.0 Å². The minimum Gasteiger partial charge on any atom is -0.298 e. The SMILES string of the molecule is CN(CC(=O)C(C)(C)C)S(=O)(=O)c1ccc(Cl)cc1. The molecule has 0 bridgehead atoms. The van der Waals surface area contributed by atoms with Gasteiger partial charge in [-0.3, -0.25) is 4.79 Å². The van der Waals surface area contributed by atoms with Gasteiger partial charge in [-0.2, -0.15) is 4.31 Å². The molecule has 0 saturated carbocycles. The molecule has 0 heterocycles. The molecule has 0 aromatic heterocycles. The maximum absolute atomic E-state index is 12.2. The van der Waals surface area contributed by atoms with Gasteiger partial charge in [0, 0.05) is 17.5 Å². The molecule has 0 N–H and O–H groups in total. The summed E-state index contributed by atoms with van der Waals surface area (Å²) in [6, 6.07) is 5.87. The molecule has 0 aliphatic heterocycles. The van der Waals surface area contributed by atoms with Crippen LogP contribution in [0, 0.1) is 5.41 Å². The third-order valence-corrected chi connectivity index (χ3v) is 4.79. The van der Waals surface area contributed by atoms with Crippen LogP contribution < -0.4 is 0 Å². The molecule has 106 valence electrons. The summed E-state index contributed by atoms with van der Waals surface area (Å²) >= 11 is 5.72. The Morgan fingerprint density at radius 2 is 1.68 bits per heavy atom. The number of benzene rings is 1. The van der Waals surface area contributed by atoms with Crippen LogP contribution >= 0.6 is 11.6 Å². The van der Waals surface area contributed by atoms with Gasteiger partial charge in [0.1, 0.15) is 0 Å². The van der Waals surface area contributed by atoms with Crippen molar-refractivity contribution in [2.75, 3.05) is 13.6 Å². The van der Waals surface area contributed by atoms with Gasteiger partial charge in [0.05, 0.1) is 11.4 Å². The first-order chi connectivity index (χ1) is 8.55. The highest BCUT2D eigenvalue weighted by atomic mass is 35.5. The third kappa shape index (κ3) is 4.03. The zero-order valence-corrected chi connectivity index (χ0v) is 13.0. The minimum absolute atomic E-state index is 0.126. The van der Waals surface area contributed by atoms with Gasteiger partial charge < -0.3 is 0 Å². The molecule has 0 aliphatic rings. The van der Waals surface area contributed by atoms with Crippen LogP contribution in [-0.2, 0) is 14.8 Å². The van der Waals surface area contributed by atoms with E-state index in [1.54, 1.807) is 20.8 Å². The monoisotopic (exact) mass is 303 g/mol. The number of carbonyl (C=O) groups is 1. The number of sulfonamides is 1. The lowest BCUT2D eigenvalue weighted by molar-refractivity contribution is -0.126. The van der Waals surface area contributed by atoms with Crippen molar-refractivity contribution in [2.24, 2.45) is 5.41 Å². The Morgan fingerprint density at radius 1 is 1.21 bits per heavy atom. The first-order valence-corrected chi connectivity index (χ1v) is 7.62. The molecule has 0 saturated heterocycles. The Balaban J connectivity index is 2.95. The Labute approximate surface area is 119 Å². The van der Waals surface area contributed by atoms with E-state index in [0.717, 1.165) is 4.31 Å². The second-order valence-corrected chi connectivity index (χ2v) is 7.87. The van der Waals surface area contributed by atoms with E-state index < -0.39 is 15.4 Å². The predicted molar refractivity (Wildman–Crippen MR) is 75.7 cm³/mol. The van der Waals surface area contributed by atoms with Crippen molar-refractivity contribution in [1.29, 1.82) is 0 Å². The van der Waals surface area contributed by atoms with Gasteiger partial charge in [-0.1, -0.05) is 32.4 Å². The normalized spacial score (nSPS) is 12.7. The Kier molecular flexibility index (Phi) is 4.76. The molecule has 0 radical (unpaired) electrons. The van der Waals surface area contributed by atoms with Crippen LogP contribution in [0.5, 0.6) is 0 Å². The lowest BCUT2D eigenvalue weighted by Crippen LogP contribution is -2.37. The van der Waals surface area contributed by atoms with Crippen LogP contribution in [0.1, 0.15) is 20.8 Å². The predicted octanol–water partition coefficient (Wildman–Crippen LogP) is 2.58. The summed E-state index contributed by atoms with van der Waals surface area (Å²) in [5, 5.41) is 0.465. The van der Waals surface area contributed by atoms with E-state index in [1.165, 1.54) is 31.3 Å². The summed E-state index contributed by atoms with van der Waals surface area (Å²) in [5.74, 6) is -0.132. The van der Waals surface area contributed by atoms with Gasteiger partial charge in [-0.05, 0) is 24.3 Å². The van der Waals surface area contributed by atoms with Gasteiger partial charge in [0.25, 0.3) is 0 Å². The van der Waals surface area contributed by atoms with E-state index in [4.69, 9.17) is 11.6 Å². The summed E-state index contributed by atoms with van der Waals surface area (Å²) in [7, 11) is -2.26. The first-order valence-electron chi connectivity index (χ1n) is 5.80. The second kappa shape index (κ2) is 5.61. The summed E-state index contributed by atoms with van der Waals surface area (Å²) in [5.41, 5.74) is -0.566. The van der Waals surface area contributed by atoms with Gasteiger partial charge in [-0.25, -0.2) is 8.42 Å². The number of nitrogens with zero attached hydrogens (tertiary/aromatic N) is 1. The second-order valence-electron chi connectivity index (χ2n) is 5.39. The zero-order chi connectivity index (χ0) is 14.8. The molecular weight excluding hydrogens is 286 g/mol. The highest BCUT2D eigenvalue weighted by molar-refractivity contribution is 7.89. The Bertz CT molecular complexity index is 559. The van der Waals surface area contributed by atoms with E-state index in [1.807, 2.05) is 0 Å². The standard InChI is InChI=1S/C13H18ClNO3S/c1-13(2,3)12(16)9-15(4)19(17,18)11-7-5-10(14)6-8-11/h5-8H,9H2,1-4H3. The van der Waals surface area contributed by atoms with Crippen molar-refractivity contribution in [3.05, 3.63) is 29.3 Å². The molecule has 1 aromatic carbocycles. The third-order valence-electron chi connectivity index (χ3n) is 2.72. The van der Waals surface area contributed by atoms with Crippen LogP contribution in [0.2, 0.25) is 5.02 Å². The van der Waals surface area contributed by atoms with E-state index in [9.17, 15) is 13.2 Å². The molecule has 0 fully saturated rings. The topological polar surface area (TPSA) is 54.5 Å². The van der Waals surface area contributed by atoms with Crippen LogP contribution in [0.25, 0.3) is 0 Å². The van der Waals surface area contributed by atoms with Gasteiger partial charge in [0.15, 0.2) is 5.78 Å². The fraction of sp³-hybridized carbons (Fsp3) is 0.462. The Hall–Kier alpha value is -0.910. The zero-order valence-electron chi connectivity index (χ0n) is 11.5. The van der Waals surface area contributed by atoms with E-state index >= 15 is 0 Å². The number of rotatable bonds is 4. The molecule has 4 nitrogen and oxygen atoms in total. The average molecular weight is 304 g/mol. The van der Waals surface area contributed by atoms with E-state index in [0.29, 0.717) is 5.02 Å². The van der Waals surface area contributed by atoms with Gasteiger partial charge >= 0.3 is 0 Å². The highest BCUT2D eigenvalue weighted by Gasteiger charge is 2.28. The van der Waals surface area contributed by atoms with Crippen LogP contribution in [0.15, 0.2) is 29.2 Å². The molecule has 1 rings (SSSR count). The summed E-state index contributed by atoms with van der Waals surface area (Å²) in [6.45, 7) is 5.14. The van der Waals surface area contributed by atoms with E-state index in [2.05, 4.69) is 0 Å². The molecule has 0 atom stereocenters. The molecule has 0 spiro atoms. The van der Waals surface area contributed by atoms with Gasteiger partial charge in [-0.15, -0.1) is 0 Å². The van der Waals surface area contributed by atoms with Crippen molar-refractivity contribution < 1.29 is 13.2 Å². The molecule has 1 aromatic rings. The summed E-state index contributed by atoms with van der Waals surface area (Å²) in [4.78, 5) is 12.0. The number of hydrogen-bond donors (Lipinski definition) is 0. The van der Waals surface area contributed by atoms with Crippen molar-refractivity contribution in [1.82, 2.24) is 4.31 Å². The number of hydrogen-bond acceptors (Lipinski definition) is 3. The number of Topliss-reactive ketones (excluding diaryl/α,β-unsaturated/α-hetero) is 1. The molecule has 0 amide bonds. The molecule has 0 unspecified atom stereocenters. The van der Waals surface area contributed by atoms with Crippen LogP contribution in [0.4, 0.5) is 0 Å². The fourth-order valence-corrected chi connectivity index (χ4v) is 2.56. The fourth-order valence-electron chi connectivity index (χ4n) is 1.31. The largest absolute Gasteiger partial charge is 0.298 e. The molecule has 0 aliphatic carbocycles. The molecular formula is C13H18ClNO3S. The summed E-state index contributed by atoms with van der Waals surface area (Å²) < 4.78 is 25.5. The number of likely N-dealkylation sites (N-methyl/N-ethyl adjacent to an activating group) is 1. The minimum atomic E-state index is -3.66. The lowest BCUT2D eigenvalue weighted by atomic mass is 9.91. The molecule has 19 heavy (non-hydrogen) atoms. The van der Waals surface area contributed by atoms with E-state index in [-0.39, 0.29) is 17.2 Å². The maximum Gasteiger partial charge on any atom is 0.243 e. The number of carbonyl (C=O) groups excluding carboxylic acids is 1. The van der Waals surface area contributed by atoms with Crippen LogP contribution in [0.3, 0.4) is 0 Å². The smallest absolute Gasteiger partial charge is 0.243 e. The quantitative estimate of drug-likeness (QED) is 0.859. The highest BCUT2D eigenvalue weighted by Crippen LogP contribution is 2.20. The van der Waals surface area contributed by atoms with Crippen molar-refractivity contribution in [3.63, 3.8) is 0 Å².